The van der Waals surface area contributed by atoms with Crippen molar-refractivity contribution in [1.29, 1.82) is 0 Å². The number of halogens is 4. The van der Waals surface area contributed by atoms with Gasteiger partial charge in [-0.15, -0.1) is 11.8 Å². The Hall–Kier alpha value is -0.430. The molecule has 0 bridgehead atoms. The maximum atomic E-state index is 13.9. The summed E-state index contributed by atoms with van der Waals surface area (Å²) >= 11 is 7.86. The van der Waals surface area contributed by atoms with Crippen LogP contribution in [0.2, 0.25) is 0 Å². The third-order valence-corrected chi connectivity index (χ3v) is 4.97. The van der Waals surface area contributed by atoms with Crippen LogP contribution in [-0.4, -0.2) is 5.75 Å². The van der Waals surface area contributed by atoms with Crippen LogP contribution < -0.4 is 5.73 Å². The van der Waals surface area contributed by atoms with Gasteiger partial charge in [0.2, 0.25) is 0 Å². The molecule has 1 unspecified atom stereocenters. The number of rotatable bonds is 4. The van der Waals surface area contributed by atoms with Gasteiger partial charge in [-0.2, -0.15) is 0 Å². The summed E-state index contributed by atoms with van der Waals surface area (Å²) < 4.78 is 28.8. The molecule has 0 aromatic heterocycles. The molecule has 0 saturated heterocycles. The Bertz CT molecular complexity index is 605. The van der Waals surface area contributed by atoms with E-state index in [2.05, 4.69) is 31.9 Å². The summed E-state index contributed by atoms with van der Waals surface area (Å²) in [4.78, 5) is 1.000. The number of benzene rings is 2. The van der Waals surface area contributed by atoms with Crippen molar-refractivity contribution in [2.24, 2.45) is 5.73 Å². The average molecular weight is 423 g/mol. The van der Waals surface area contributed by atoms with E-state index in [0.29, 0.717) is 5.75 Å². The van der Waals surface area contributed by atoms with E-state index in [4.69, 9.17) is 5.73 Å². The van der Waals surface area contributed by atoms with Gasteiger partial charge in [0.25, 0.3) is 0 Å². The molecule has 0 aliphatic carbocycles. The molecule has 106 valence electrons. The number of hydrogen-bond acceptors (Lipinski definition) is 2. The van der Waals surface area contributed by atoms with Gasteiger partial charge >= 0.3 is 0 Å². The van der Waals surface area contributed by atoms with Gasteiger partial charge < -0.3 is 5.73 Å². The van der Waals surface area contributed by atoms with E-state index < -0.39 is 17.7 Å². The minimum Gasteiger partial charge on any atom is -0.323 e. The summed E-state index contributed by atoms with van der Waals surface area (Å²) in [7, 11) is 0. The van der Waals surface area contributed by atoms with Gasteiger partial charge in [0, 0.05) is 26.7 Å². The lowest BCUT2D eigenvalue weighted by Crippen LogP contribution is -2.17. The van der Waals surface area contributed by atoms with Crippen LogP contribution in [0, 0.1) is 11.6 Å². The average Bonchev–Trinajstić information content (AvgIpc) is 2.43. The van der Waals surface area contributed by atoms with Crippen molar-refractivity contribution in [3.8, 4) is 0 Å². The molecule has 0 fully saturated rings. The number of hydrogen-bond donors (Lipinski definition) is 1. The molecule has 0 radical (unpaired) electrons. The Morgan fingerprint density at radius 2 is 1.70 bits per heavy atom. The van der Waals surface area contributed by atoms with Crippen molar-refractivity contribution < 1.29 is 8.78 Å². The molecule has 2 aromatic rings. The van der Waals surface area contributed by atoms with Crippen molar-refractivity contribution in [1.82, 2.24) is 0 Å². The first-order chi connectivity index (χ1) is 9.49. The lowest BCUT2D eigenvalue weighted by molar-refractivity contribution is 0.534. The molecule has 20 heavy (non-hydrogen) atoms. The van der Waals surface area contributed by atoms with Crippen LogP contribution >= 0.6 is 43.6 Å². The van der Waals surface area contributed by atoms with Crippen molar-refractivity contribution in [3.05, 3.63) is 62.5 Å². The van der Waals surface area contributed by atoms with Crippen molar-refractivity contribution in [2.75, 3.05) is 5.75 Å². The molecule has 2 aromatic carbocycles. The summed E-state index contributed by atoms with van der Waals surface area (Å²) in [6.07, 6.45) is 0. The summed E-state index contributed by atoms with van der Waals surface area (Å²) in [6.45, 7) is 0. The van der Waals surface area contributed by atoms with Gasteiger partial charge in [-0.3, -0.25) is 0 Å². The molecule has 0 aliphatic rings. The molecule has 6 heteroatoms. The Kier molecular flexibility index (Phi) is 5.60. The third kappa shape index (κ3) is 3.81. The zero-order valence-corrected chi connectivity index (χ0v) is 14.2. The molecule has 1 atom stereocenters. The van der Waals surface area contributed by atoms with Crippen molar-refractivity contribution in [2.45, 2.75) is 10.9 Å². The van der Waals surface area contributed by atoms with E-state index in [1.807, 2.05) is 24.3 Å². The summed E-state index contributed by atoms with van der Waals surface area (Å²) in [5.74, 6) is -0.852. The first-order valence-electron chi connectivity index (χ1n) is 5.76. The standard InChI is InChI=1S/C14H11Br2F2NS/c15-8-1-3-9(4-2-8)20-7-12(19)13-11(17)6-5-10(16)14(13)18/h1-6,12H,7,19H2. The van der Waals surface area contributed by atoms with E-state index in [-0.39, 0.29) is 10.0 Å². The second kappa shape index (κ2) is 7.02. The molecule has 0 amide bonds. The van der Waals surface area contributed by atoms with E-state index in [1.165, 1.54) is 23.9 Å². The van der Waals surface area contributed by atoms with Gasteiger partial charge in [-0.05, 0) is 52.3 Å². The van der Waals surface area contributed by atoms with E-state index >= 15 is 0 Å². The first-order valence-corrected chi connectivity index (χ1v) is 8.33. The van der Waals surface area contributed by atoms with Crippen LogP contribution in [0.4, 0.5) is 8.78 Å². The fraction of sp³-hybridized carbons (Fsp3) is 0.143. The van der Waals surface area contributed by atoms with E-state index in [0.717, 1.165) is 9.37 Å². The topological polar surface area (TPSA) is 26.0 Å². The molecule has 0 spiro atoms. The zero-order valence-electron chi connectivity index (χ0n) is 10.2. The lowest BCUT2D eigenvalue weighted by Gasteiger charge is -2.14. The summed E-state index contributed by atoms with van der Waals surface area (Å²) in [5, 5.41) is 0. The van der Waals surface area contributed by atoms with Crippen LogP contribution in [0.3, 0.4) is 0 Å². The fourth-order valence-electron chi connectivity index (χ4n) is 1.68. The molecular weight excluding hydrogens is 412 g/mol. The fourth-order valence-corrected chi connectivity index (χ4v) is 3.16. The smallest absolute Gasteiger partial charge is 0.145 e. The van der Waals surface area contributed by atoms with Gasteiger partial charge in [0.1, 0.15) is 11.6 Å². The van der Waals surface area contributed by atoms with Gasteiger partial charge in [0.05, 0.1) is 4.47 Å². The molecule has 0 aliphatic heterocycles. The predicted octanol–water partition coefficient (Wildman–Crippen LogP) is 5.28. The second-order valence-electron chi connectivity index (χ2n) is 4.13. The highest BCUT2D eigenvalue weighted by Crippen LogP contribution is 2.30. The van der Waals surface area contributed by atoms with Crippen LogP contribution in [-0.2, 0) is 0 Å². The first kappa shape index (κ1) is 15.9. The number of thioether (sulfide) groups is 1. The van der Waals surface area contributed by atoms with Gasteiger partial charge in [-0.1, -0.05) is 15.9 Å². The maximum Gasteiger partial charge on any atom is 0.145 e. The molecule has 0 saturated carbocycles. The Morgan fingerprint density at radius 1 is 1.05 bits per heavy atom. The Balaban J connectivity index is 2.11. The molecule has 2 N–H and O–H groups in total. The molecule has 1 nitrogen and oxygen atoms in total. The minimum absolute atomic E-state index is 0.0796. The highest BCUT2D eigenvalue weighted by atomic mass is 79.9. The van der Waals surface area contributed by atoms with Crippen LogP contribution in [0.25, 0.3) is 0 Å². The van der Waals surface area contributed by atoms with Crippen LogP contribution in [0.15, 0.2) is 50.2 Å². The van der Waals surface area contributed by atoms with Crippen LogP contribution in [0.1, 0.15) is 11.6 Å². The zero-order chi connectivity index (χ0) is 14.7. The van der Waals surface area contributed by atoms with E-state index in [9.17, 15) is 8.78 Å². The Labute approximate surface area is 137 Å². The predicted molar refractivity (Wildman–Crippen MR) is 85.9 cm³/mol. The highest BCUT2D eigenvalue weighted by molar-refractivity contribution is 9.10. The molecule has 0 heterocycles. The molecular formula is C14H11Br2F2NS. The van der Waals surface area contributed by atoms with Gasteiger partial charge in [-0.25, -0.2) is 8.78 Å². The molecule has 2 rings (SSSR count). The highest BCUT2D eigenvalue weighted by Gasteiger charge is 2.19. The number of nitrogens with two attached hydrogens (primary N) is 1. The summed E-state index contributed by atoms with van der Waals surface area (Å²) in [6, 6.07) is 9.52. The normalized spacial score (nSPS) is 12.4. The Morgan fingerprint density at radius 3 is 2.35 bits per heavy atom. The van der Waals surface area contributed by atoms with E-state index in [1.54, 1.807) is 0 Å². The summed E-state index contributed by atoms with van der Waals surface area (Å²) in [5.41, 5.74) is 5.83. The quantitative estimate of drug-likeness (QED) is 0.535. The monoisotopic (exact) mass is 421 g/mol. The van der Waals surface area contributed by atoms with Gasteiger partial charge in [0.15, 0.2) is 0 Å². The third-order valence-electron chi connectivity index (χ3n) is 2.69. The SMILES string of the molecule is NC(CSc1ccc(Br)cc1)c1c(F)ccc(Br)c1F. The maximum absolute atomic E-state index is 13.9. The minimum atomic E-state index is -0.707. The van der Waals surface area contributed by atoms with Crippen LogP contribution in [0.5, 0.6) is 0 Å². The largest absolute Gasteiger partial charge is 0.323 e. The second-order valence-corrected chi connectivity index (χ2v) is 6.99. The van der Waals surface area contributed by atoms with Crippen molar-refractivity contribution in [3.63, 3.8) is 0 Å². The van der Waals surface area contributed by atoms with Crippen molar-refractivity contribution >= 4 is 43.6 Å². The lowest BCUT2D eigenvalue weighted by atomic mass is 10.1.